The molecule has 0 radical (unpaired) electrons. The number of halogens is 1. The zero-order valence-electron chi connectivity index (χ0n) is 21.3. The van der Waals surface area contributed by atoms with E-state index in [9.17, 15) is 0 Å². The molecule has 0 aromatic heterocycles. The van der Waals surface area contributed by atoms with Gasteiger partial charge in [0.15, 0.2) is 0 Å². The van der Waals surface area contributed by atoms with Gasteiger partial charge < -0.3 is 9.64 Å². The van der Waals surface area contributed by atoms with Crippen molar-refractivity contribution in [1.29, 1.82) is 0 Å². The Kier molecular flexibility index (Phi) is 9.54. The second-order valence-electron chi connectivity index (χ2n) is 8.83. The van der Waals surface area contributed by atoms with Crippen LogP contribution >= 0.6 is 12.4 Å². The van der Waals surface area contributed by atoms with E-state index in [1.165, 1.54) is 44.5 Å². The zero-order valence-corrected chi connectivity index (χ0v) is 22.1. The van der Waals surface area contributed by atoms with Crippen molar-refractivity contribution in [2.75, 3.05) is 26.2 Å². The molecule has 2 nitrogen and oxygen atoms in total. The van der Waals surface area contributed by atoms with Crippen LogP contribution in [-0.2, 0) is 0 Å². The third-order valence-corrected chi connectivity index (χ3v) is 6.57. The summed E-state index contributed by atoms with van der Waals surface area (Å²) in [6, 6.07) is 32.6. The van der Waals surface area contributed by atoms with Crippen molar-refractivity contribution in [2.24, 2.45) is 0 Å². The van der Waals surface area contributed by atoms with Gasteiger partial charge in [-0.05, 0) is 102 Å². The molecule has 0 aliphatic carbocycles. The molecule has 4 aromatic carbocycles. The first-order valence-electron chi connectivity index (χ1n) is 12.3. The molecule has 0 aliphatic rings. The van der Waals surface area contributed by atoms with E-state index in [0.29, 0.717) is 6.61 Å². The minimum atomic E-state index is 0. The lowest BCUT2D eigenvalue weighted by Gasteiger charge is -2.18. The summed E-state index contributed by atoms with van der Waals surface area (Å²) in [4.78, 5) is 2.37. The number of nitrogens with zero attached hydrogens (tertiary/aromatic N) is 1. The van der Waals surface area contributed by atoms with Gasteiger partial charge in [0.2, 0.25) is 0 Å². The largest absolute Gasteiger partial charge is 0.492 e. The van der Waals surface area contributed by atoms with E-state index in [1.54, 1.807) is 0 Å². The van der Waals surface area contributed by atoms with E-state index in [0.717, 1.165) is 25.4 Å². The van der Waals surface area contributed by atoms with E-state index in [1.807, 2.05) is 0 Å². The highest BCUT2D eigenvalue weighted by Gasteiger charge is 2.11. The molecular formula is C32H36ClNO. The first-order valence-corrected chi connectivity index (χ1v) is 12.3. The predicted molar refractivity (Wildman–Crippen MR) is 153 cm³/mol. The van der Waals surface area contributed by atoms with Crippen molar-refractivity contribution in [3.8, 4) is 39.1 Å². The van der Waals surface area contributed by atoms with Crippen LogP contribution in [0.5, 0.6) is 5.75 Å². The lowest BCUT2D eigenvalue weighted by molar-refractivity contribution is 0.223. The number of ether oxygens (including phenoxy) is 1. The maximum Gasteiger partial charge on any atom is 0.119 e. The van der Waals surface area contributed by atoms with Crippen LogP contribution in [0.15, 0.2) is 91.0 Å². The molecule has 0 saturated carbocycles. The van der Waals surface area contributed by atoms with Crippen molar-refractivity contribution in [3.05, 3.63) is 102 Å². The molecule has 0 bridgehead atoms. The van der Waals surface area contributed by atoms with Gasteiger partial charge in [0.1, 0.15) is 12.4 Å². The van der Waals surface area contributed by atoms with Crippen LogP contribution in [0.4, 0.5) is 0 Å². The summed E-state index contributed by atoms with van der Waals surface area (Å²) in [5.41, 5.74) is 10.0. The number of hydrogen-bond acceptors (Lipinski definition) is 2. The minimum absolute atomic E-state index is 0. The fourth-order valence-electron chi connectivity index (χ4n) is 4.58. The molecule has 0 saturated heterocycles. The highest BCUT2D eigenvalue weighted by atomic mass is 35.5. The molecule has 0 aliphatic heterocycles. The summed E-state index contributed by atoms with van der Waals surface area (Å²) in [5.74, 6) is 0.921. The van der Waals surface area contributed by atoms with Crippen LogP contribution in [-0.4, -0.2) is 31.1 Å². The predicted octanol–water partition coefficient (Wildman–Crippen LogP) is 8.45. The maximum atomic E-state index is 6.01. The van der Waals surface area contributed by atoms with Crippen molar-refractivity contribution in [3.63, 3.8) is 0 Å². The van der Waals surface area contributed by atoms with Crippen LogP contribution < -0.4 is 4.74 Å². The molecule has 0 N–H and O–H groups in total. The maximum absolute atomic E-state index is 6.01. The average molecular weight is 486 g/mol. The summed E-state index contributed by atoms with van der Waals surface area (Å²) in [7, 11) is 0. The Labute approximate surface area is 217 Å². The Morgan fingerprint density at radius 1 is 0.600 bits per heavy atom. The van der Waals surface area contributed by atoms with Gasteiger partial charge in [-0.2, -0.15) is 0 Å². The monoisotopic (exact) mass is 485 g/mol. The third kappa shape index (κ3) is 6.54. The van der Waals surface area contributed by atoms with Crippen molar-refractivity contribution in [1.82, 2.24) is 4.90 Å². The highest BCUT2D eigenvalue weighted by Crippen LogP contribution is 2.35. The lowest BCUT2D eigenvalue weighted by Crippen LogP contribution is -2.27. The second-order valence-corrected chi connectivity index (χ2v) is 8.83. The molecule has 4 aromatic rings. The quantitative estimate of drug-likeness (QED) is 0.236. The second kappa shape index (κ2) is 12.6. The molecule has 35 heavy (non-hydrogen) atoms. The molecule has 4 rings (SSSR count). The first-order chi connectivity index (χ1) is 16.6. The molecule has 3 heteroatoms. The van der Waals surface area contributed by atoms with Gasteiger partial charge in [-0.25, -0.2) is 0 Å². The number of aryl methyl sites for hydroxylation is 2. The van der Waals surface area contributed by atoms with Gasteiger partial charge in [0.25, 0.3) is 0 Å². The normalized spacial score (nSPS) is 10.8. The van der Waals surface area contributed by atoms with E-state index < -0.39 is 0 Å². The summed E-state index contributed by atoms with van der Waals surface area (Å²) < 4.78 is 6.01. The molecule has 182 valence electrons. The smallest absolute Gasteiger partial charge is 0.119 e. The highest BCUT2D eigenvalue weighted by molar-refractivity contribution is 5.85. The Morgan fingerprint density at radius 3 is 1.71 bits per heavy atom. The molecule has 0 spiro atoms. The van der Waals surface area contributed by atoms with Crippen LogP contribution in [0.3, 0.4) is 0 Å². The number of likely N-dealkylation sites (N-methyl/N-ethyl adjacent to an activating group) is 1. The standard InChI is InChI=1S/C32H35NO.ClH/c1-5-33(6-2)19-20-34-31-17-15-27(16-18-31)29-21-28(26-13-8-7-9-14-26)22-30(23-29)32-24(3)11-10-12-25(32)4;/h7-18,21-23H,5-6,19-20H2,1-4H3;1H. The molecular weight excluding hydrogens is 450 g/mol. The molecule has 0 atom stereocenters. The first kappa shape index (κ1) is 26.5. The Morgan fingerprint density at radius 2 is 1.14 bits per heavy atom. The molecule has 0 amide bonds. The van der Waals surface area contributed by atoms with E-state index in [2.05, 4.69) is 124 Å². The van der Waals surface area contributed by atoms with Crippen LogP contribution in [0, 0.1) is 13.8 Å². The SMILES string of the molecule is CCN(CC)CCOc1ccc(-c2cc(-c3ccccc3)cc(-c3c(C)cccc3C)c2)cc1.Cl. The third-order valence-electron chi connectivity index (χ3n) is 6.57. The molecule has 0 unspecified atom stereocenters. The average Bonchev–Trinajstić information content (AvgIpc) is 2.87. The van der Waals surface area contributed by atoms with Gasteiger partial charge in [-0.1, -0.05) is 74.5 Å². The molecule has 0 fully saturated rings. The van der Waals surface area contributed by atoms with Gasteiger partial charge >= 0.3 is 0 Å². The van der Waals surface area contributed by atoms with E-state index >= 15 is 0 Å². The van der Waals surface area contributed by atoms with Crippen LogP contribution in [0.25, 0.3) is 33.4 Å². The van der Waals surface area contributed by atoms with E-state index in [-0.39, 0.29) is 12.4 Å². The van der Waals surface area contributed by atoms with Gasteiger partial charge in [-0.15, -0.1) is 12.4 Å². The van der Waals surface area contributed by atoms with Crippen molar-refractivity contribution >= 4 is 12.4 Å². The van der Waals surface area contributed by atoms with Crippen molar-refractivity contribution < 1.29 is 4.74 Å². The number of hydrogen-bond donors (Lipinski definition) is 0. The molecule has 0 heterocycles. The zero-order chi connectivity index (χ0) is 23.9. The Bertz CT molecular complexity index is 1190. The summed E-state index contributed by atoms with van der Waals surface area (Å²) in [6.45, 7) is 12.5. The van der Waals surface area contributed by atoms with Gasteiger partial charge in [0.05, 0.1) is 0 Å². The van der Waals surface area contributed by atoms with Crippen LogP contribution in [0.1, 0.15) is 25.0 Å². The van der Waals surface area contributed by atoms with Crippen LogP contribution in [0.2, 0.25) is 0 Å². The Hall–Kier alpha value is -3.07. The van der Waals surface area contributed by atoms with Gasteiger partial charge in [-0.3, -0.25) is 0 Å². The Balaban J connectivity index is 0.00000342. The number of rotatable bonds is 9. The van der Waals surface area contributed by atoms with E-state index in [4.69, 9.17) is 4.74 Å². The summed E-state index contributed by atoms with van der Waals surface area (Å²) in [5, 5.41) is 0. The fraction of sp³-hybridized carbons (Fsp3) is 0.250. The van der Waals surface area contributed by atoms with Gasteiger partial charge in [0, 0.05) is 6.54 Å². The number of benzene rings is 4. The summed E-state index contributed by atoms with van der Waals surface area (Å²) in [6.07, 6.45) is 0. The van der Waals surface area contributed by atoms with Crippen molar-refractivity contribution in [2.45, 2.75) is 27.7 Å². The summed E-state index contributed by atoms with van der Waals surface area (Å²) >= 11 is 0. The minimum Gasteiger partial charge on any atom is -0.492 e. The lowest BCUT2D eigenvalue weighted by atomic mass is 9.90. The fourth-order valence-corrected chi connectivity index (χ4v) is 4.58. The topological polar surface area (TPSA) is 12.5 Å².